The van der Waals surface area contributed by atoms with Crippen LogP contribution in [0.5, 0.6) is 0 Å². The van der Waals surface area contributed by atoms with Gasteiger partial charge in [0.15, 0.2) is 10.7 Å². The third kappa shape index (κ3) is 2.75. The van der Waals surface area contributed by atoms with E-state index in [0.717, 1.165) is 19.2 Å². The molecule has 0 bridgehead atoms. The van der Waals surface area contributed by atoms with Crippen LogP contribution in [0.1, 0.15) is 19.3 Å². The molecule has 0 radical (unpaired) electrons. The maximum absolute atomic E-state index is 11.1. The number of carbonyl (C=O) groups is 1. The standard InChI is InChI=1S/C8H11N3O2/c9-10-6-7(12)3-5-11-4-1-2-8(11)13/h6H,1-5H2/p+1/b7-6+. The molecule has 1 amide bonds. The number of hydrogen-bond acceptors (Lipinski definition) is 3. The van der Waals surface area contributed by atoms with Crippen LogP contribution >= 0.6 is 0 Å². The van der Waals surface area contributed by atoms with E-state index in [1.807, 2.05) is 0 Å². The highest BCUT2D eigenvalue weighted by Crippen LogP contribution is 2.11. The van der Waals surface area contributed by atoms with Gasteiger partial charge >= 0.3 is 6.20 Å². The van der Waals surface area contributed by atoms with Crippen LogP contribution in [0.15, 0.2) is 12.0 Å². The molecule has 1 heterocycles. The van der Waals surface area contributed by atoms with Gasteiger partial charge in [0.25, 0.3) is 0 Å². The van der Waals surface area contributed by atoms with Crippen LogP contribution in [0.3, 0.4) is 0 Å². The van der Waals surface area contributed by atoms with Crippen LogP contribution in [-0.2, 0) is 4.79 Å². The van der Waals surface area contributed by atoms with Crippen molar-refractivity contribution in [3.05, 3.63) is 16.9 Å². The van der Waals surface area contributed by atoms with Gasteiger partial charge in [-0.25, -0.2) is 0 Å². The summed E-state index contributed by atoms with van der Waals surface area (Å²) in [5.41, 5.74) is 0. The van der Waals surface area contributed by atoms with Crippen LogP contribution in [0.4, 0.5) is 0 Å². The summed E-state index contributed by atoms with van der Waals surface area (Å²) in [4.78, 5) is 15.5. The molecular formula is C8H12N3O2+. The lowest BCUT2D eigenvalue weighted by atomic mass is 10.3. The fourth-order valence-electron chi connectivity index (χ4n) is 1.32. The molecule has 1 saturated heterocycles. The van der Waals surface area contributed by atoms with Gasteiger partial charge in [0, 0.05) is 25.9 Å². The van der Waals surface area contributed by atoms with Gasteiger partial charge in [-0.2, -0.15) is 0 Å². The van der Waals surface area contributed by atoms with Crippen LogP contribution in [-0.4, -0.2) is 29.0 Å². The maximum Gasteiger partial charge on any atom is 0.387 e. The van der Waals surface area contributed by atoms with E-state index in [2.05, 4.69) is 4.98 Å². The van der Waals surface area contributed by atoms with Crippen LogP contribution in [0, 0.1) is 5.39 Å². The number of hydrogen-bond donors (Lipinski definition) is 1. The summed E-state index contributed by atoms with van der Waals surface area (Å²) in [5.74, 6) is 0.121. The van der Waals surface area contributed by atoms with Crippen LogP contribution in [0.25, 0.3) is 4.98 Å². The molecule has 0 aromatic carbocycles. The van der Waals surface area contributed by atoms with Gasteiger partial charge in [-0.05, 0) is 6.42 Å². The Morgan fingerprint density at radius 3 is 3.08 bits per heavy atom. The molecule has 0 aromatic rings. The summed E-state index contributed by atoms with van der Waals surface area (Å²) in [6, 6.07) is 0. The normalized spacial score (nSPS) is 17.6. The lowest BCUT2D eigenvalue weighted by Gasteiger charge is -2.13. The molecule has 1 aliphatic heterocycles. The second-order valence-electron chi connectivity index (χ2n) is 2.97. The number of likely N-dealkylation sites (tertiary alicyclic amines) is 1. The molecule has 0 spiro atoms. The molecule has 1 aliphatic rings. The lowest BCUT2D eigenvalue weighted by Crippen LogP contribution is -2.25. The molecule has 5 heteroatoms. The van der Waals surface area contributed by atoms with E-state index >= 15 is 0 Å². The number of nitrogens with zero attached hydrogens (tertiary/aromatic N) is 3. The van der Waals surface area contributed by atoms with E-state index in [1.165, 1.54) is 0 Å². The molecule has 70 valence electrons. The molecule has 0 saturated carbocycles. The van der Waals surface area contributed by atoms with Crippen molar-refractivity contribution < 1.29 is 9.90 Å². The zero-order chi connectivity index (χ0) is 9.68. The van der Waals surface area contributed by atoms with Gasteiger partial charge < -0.3 is 10.0 Å². The first-order chi connectivity index (χ1) is 6.24. The van der Waals surface area contributed by atoms with Gasteiger partial charge in [-0.3, -0.25) is 4.79 Å². The fraction of sp³-hybridized carbons (Fsp3) is 0.625. The minimum Gasteiger partial charge on any atom is -0.505 e. The van der Waals surface area contributed by atoms with Gasteiger partial charge in [-0.1, -0.05) is 0 Å². The second kappa shape index (κ2) is 4.45. The average molecular weight is 182 g/mol. The molecule has 0 aromatic heterocycles. The van der Waals surface area contributed by atoms with E-state index in [1.54, 1.807) is 4.90 Å². The molecule has 0 atom stereocenters. The Bertz CT molecular complexity index is 267. The molecule has 0 aliphatic carbocycles. The van der Waals surface area contributed by atoms with E-state index in [-0.39, 0.29) is 11.7 Å². The van der Waals surface area contributed by atoms with Crippen molar-refractivity contribution in [3.63, 3.8) is 0 Å². The van der Waals surface area contributed by atoms with Crippen molar-refractivity contribution in [1.82, 2.24) is 4.90 Å². The summed E-state index contributed by atoms with van der Waals surface area (Å²) < 4.78 is 0. The number of rotatable bonds is 3. The summed E-state index contributed by atoms with van der Waals surface area (Å²) in [7, 11) is 0. The Kier molecular flexibility index (Phi) is 3.26. The summed E-state index contributed by atoms with van der Waals surface area (Å²) in [6.07, 6.45) is 2.82. The average Bonchev–Trinajstić information content (AvgIpc) is 2.48. The van der Waals surface area contributed by atoms with Gasteiger partial charge in [0.1, 0.15) is 0 Å². The predicted octanol–water partition coefficient (Wildman–Crippen LogP) is 1.25. The number of carbonyl (C=O) groups excluding carboxylic acids is 1. The first-order valence-electron chi connectivity index (χ1n) is 4.24. The molecule has 13 heavy (non-hydrogen) atoms. The summed E-state index contributed by atoms with van der Waals surface area (Å²) in [6.45, 7) is 1.26. The minimum absolute atomic E-state index is 0.0119. The van der Waals surface area contributed by atoms with E-state index in [4.69, 9.17) is 10.5 Å². The van der Waals surface area contributed by atoms with Gasteiger partial charge in [0.2, 0.25) is 11.3 Å². The van der Waals surface area contributed by atoms with Gasteiger partial charge in [-0.15, -0.1) is 0 Å². The van der Waals surface area contributed by atoms with Crippen molar-refractivity contribution in [1.29, 1.82) is 5.39 Å². The number of amides is 1. The fourth-order valence-corrected chi connectivity index (χ4v) is 1.32. The first-order valence-corrected chi connectivity index (χ1v) is 4.24. The topological polar surface area (TPSA) is 68.7 Å². The summed E-state index contributed by atoms with van der Waals surface area (Å²) in [5, 5.41) is 17.2. The smallest absolute Gasteiger partial charge is 0.387 e. The summed E-state index contributed by atoms with van der Waals surface area (Å²) >= 11 is 0. The molecule has 5 nitrogen and oxygen atoms in total. The third-order valence-electron chi connectivity index (χ3n) is 2.02. The second-order valence-corrected chi connectivity index (χ2v) is 2.97. The number of aliphatic hydroxyl groups excluding tert-OH is 1. The van der Waals surface area contributed by atoms with Crippen molar-refractivity contribution in [3.8, 4) is 0 Å². The SMILES string of the molecule is N#[N+]/C=C(/O)CCN1CCCC1=O. The number of aliphatic hydroxyl groups is 1. The van der Waals surface area contributed by atoms with Crippen molar-refractivity contribution >= 4 is 5.91 Å². The zero-order valence-electron chi connectivity index (χ0n) is 7.31. The highest BCUT2D eigenvalue weighted by molar-refractivity contribution is 5.78. The van der Waals surface area contributed by atoms with E-state index in [0.29, 0.717) is 19.4 Å². The Morgan fingerprint density at radius 2 is 2.54 bits per heavy atom. The molecule has 1 fully saturated rings. The van der Waals surface area contributed by atoms with E-state index < -0.39 is 0 Å². The molecule has 0 unspecified atom stereocenters. The highest BCUT2D eigenvalue weighted by Gasteiger charge is 2.19. The maximum atomic E-state index is 11.1. The monoisotopic (exact) mass is 182 g/mol. The molecular weight excluding hydrogens is 170 g/mol. The predicted molar refractivity (Wildman–Crippen MR) is 46.2 cm³/mol. The van der Waals surface area contributed by atoms with Gasteiger partial charge in [0.05, 0.1) is 0 Å². The minimum atomic E-state index is -0.0119. The Balaban J connectivity index is 2.31. The van der Waals surface area contributed by atoms with Crippen molar-refractivity contribution in [2.75, 3.05) is 13.1 Å². The Morgan fingerprint density at radius 1 is 1.77 bits per heavy atom. The molecule has 1 rings (SSSR count). The zero-order valence-corrected chi connectivity index (χ0v) is 7.31. The first kappa shape index (κ1) is 9.52. The van der Waals surface area contributed by atoms with Crippen LogP contribution < -0.4 is 0 Å². The quantitative estimate of drug-likeness (QED) is 0.527. The lowest BCUT2D eigenvalue weighted by molar-refractivity contribution is -0.127. The number of diazo groups is 1. The highest BCUT2D eigenvalue weighted by atomic mass is 16.3. The van der Waals surface area contributed by atoms with Crippen molar-refractivity contribution in [2.24, 2.45) is 0 Å². The van der Waals surface area contributed by atoms with Crippen LogP contribution in [0.2, 0.25) is 0 Å². The Labute approximate surface area is 76.3 Å². The molecule has 1 N–H and O–H groups in total. The Hall–Kier alpha value is -1.57. The van der Waals surface area contributed by atoms with Crippen molar-refractivity contribution in [2.45, 2.75) is 19.3 Å². The largest absolute Gasteiger partial charge is 0.505 e. The third-order valence-corrected chi connectivity index (χ3v) is 2.02. The van der Waals surface area contributed by atoms with E-state index in [9.17, 15) is 4.79 Å².